The van der Waals surface area contributed by atoms with Crippen molar-refractivity contribution < 1.29 is 9.53 Å². The number of nitrogens with zero attached hydrogens (tertiary/aromatic N) is 1. The molecule has 1 saturated heterocycles. The Morgan fingerprint density at radius 1 is 1.13 bits per heavy atom. The highest BCUT2D eigenvalue weighted by molar-refractivity contribution is 5.81. The third-order valence-corrected chi connectivity index (χ3v) is 8.90. The van der Waals surface area contributed by atoms with Crippen LogP contribution in [0.1, 0.15) is 48.8 Å². The van der Waals surface area contributed by atoms with Crippen LogP contribution in [0.25, 0.3) is 0 Å². The van der Waals surface area contributed by atoms with Gasteiger partial charge in [0.05, 0.1) is 7.11 Å². The van der Waals surface area contributed by atoms with Crippen molar-refractivity contribution in [3.63, 3.8) is 0 Å². The number of benzene rings is 2. The van der Waals surface area contributed by atoms with Crippen LogP contribution in [0.3, 0.4) is 0 Å². The van der Waals surface area contributed by atoms with Gasteiger partial charge in [-0.05, 0) is 85.2 Å². The van der Waals surface area contributed by atoms with Gasteiger partial charge in [0, 0.05) is 30.8 Å². The fourth-order valence-corrected chi connectivity index (χ4v) is 7.24. The van der Waals surface area contributed by atoms with Gasteiger partial charge in [-0.25, -0.2) is 0 Å². The molecule has 3 heteroatoms. The summed E-state index contributed by atoms with van der Waals surface area (Å²) in [6.07, 6.45) is 7.44. The van der Waals surface area contributed by atoms with E-state index in [9.17, 15) is 4.79 Å². The largest absolute Gasteiger partial charge is 0.497 e. The van der Waals surface area contributed by atoms with Crippen LogP contribution in [-0.2, 0) is 23.1 Å². The van der Waals surface area contributed by atoms with Crippen molar-refractivity contribution in [2.24, 2.45) is 17.8 Å². The highest BCUT2D eigenvalue weighted by Gasteiger charge is 2.56. The van der Waals surface area contributed by atoms with Crippen molar-refractivity contribution in [2.75, 3.05) is 20.2 Å². The zero-order valence-corrected chi connectivity index (χ0v) is 18.6. The van der Waals surface area contributed by atoms with Gasteiger partial charge in [-0.3, -0.25) is 9.69 Å². The lowest BCUT2D eigenvalue weighted by molar-refractivity contribution is -0.127. The van der Waals surface area contributed by atoms with Crippen LogP contribution in [0.2, 0.25) is 0 Å². The maximum Gasteiger partial charge on any atom is 0.133 e. The lowest BCUT2D eigenvalue weighted by Crippen LogP contribution is -2.62. The summed E-state index contributed by atoms with van der Waals surface area (Å²) in [6, 6.07) is 18.2. The summed E-state index contributed by atoms with van der Waals surface area (Å²) in [6.45, 7) is 2.38. The Hall–Kier alpha value is -2.13. The number of methoxy groups -OCH3 is 1. The molecule has 2 aromatic rings. The number of ether oxygens (including phenoxy) is 1. The number of hydrogen-bond acceptors (Lipinski definition) is 3. The fourth-order valence-electron chi connectivity index (χ4n) is 7.24. The molecule has 0 spiro atoms. The van der Waals surface area contributed by atoms with E-state index in [0.717, 1.165) is 56.2 Å². The van der Waals surface area contributed by atoms with Gasteiger partial charge in [-0.15, -0.1) is 0 Å². The second-order valence-electron chi connectivity index (χ2n) is 10.5. The van der Waals surface area contributed by atoms with Crippen molar-refractivity contribution in [3.8, 4) is 5.75 Å². The van der Waals surface area contributed by atoms with E-state index in [-0.39, 0.29) is 5.41 Å². The van der Waals surface area contributed by atoms with E-state index in [1.54, 1.807) is 7.11 Å². The van der Waals surface area contributed by atoms with Crippen molar-refractivity contribution in [1.29, 1.82) is 0 Å². The number of carbonyl (C=O) groups is 1. The summed E-state index contributed by atoms with van der Waals surface area (Å²) in [5.74, 6) is 3.71. The monoisotopic (exact) mass is 415 g/mol. The van der Waals surface area contributed by atoms with E-state index < -0.39 is 0 Å². The maximum absolute atomic E-state index is 12.6. The number of hydrogen-bond donors (Lipinski definition) is 0. The summed E-state index contributed by atoms with van der Waals surface area (Å²) in [5, 5.41) is 0. The van der Waals surface area contributed by atoms with Gasteiger partial charge in [-0.2, -0.15) is 0 Å². The van der Waals surface area contributed by atoms with E-state index in [2.05, 4.69) is 53.4 Å². The molecule has 5 atom stereocenters. The molecule has 2 unspecified atom stereocenters. The average molecular weight is 416 g/mol. The molecule has 6 rings (SSSR count). The predicted octanol–water partition coefficient (Wildman–Crippen LogP) is 4.81. The Morgan fingerprint density at radius 3 is 2.84 bits per heavy atom. The normalized spacial score (nSPS) is 34.0. The van der Waals surface area contributed by atoms with Crippen LogP contribution in [-0.4, -0.2) is 36.9 Å². The van der Waals surface area contributed by atoms with Crippen LogP contribution >= 0.6 is 0 Å². The highest BCUT2D eigenvalue weighted by atomic mass is 16.5. The number of carbonyl (C=O) groups excluding carboxylic acids is 1. The molecule has 2 saturated carbocycles. The maximum atomic E-state index is 12.6. The summed E-state index contributed by atoms with van der Waals surface area (Å²) >= 11 is 0. The number of likely N-dealkylation sites (tertiary alicyclic amines) is 1. The van der Waals surface area contributed by atoms with E-state index in [0.29, 0.717) is 17.7 Å². The lowest BCUT2D eigenvalue weighted by Gasteiger charge is -2.58. The molecule has 2 bridgehead atoms. The minimum absolute atomic E-state index is 0.0472. The van der Waals surface area contributed by atoms with Gasteiger partial charge in [0.15, 0.2) is 0 Å². The van der Waals surface area contributed by atoms with E-state index in [1.807, 2.05) is 0 Å². The Balaban J connectivity index is 1.24. The molecule has 1 heterocycles. The third kappa shape index (κ3) is 3.33. The van der Waals surface area contributed by atoms with Crippen LogP contribution in [0, 0.1) is 17.8 Å². The summed E-state index contributed by atoms with van der Waals surface area (Å²) < 4.78 is 5.57. The third-order valence-electron chi connectivity index (χ3n) is 8.90. The average Bonchev–Trinajstić information content (AvgIpc) is 3.52. The first-order chi connectivity index (χ1) is 15.2. The van der Waals surface area contributed by atoms with Gasteiger partial charge in [0.1, 0.15) is 11.5 Å². The standard InChI is InChI=1S/C28H33NO2/c1-31-24-9-7-20-15-27-25-10-8-23(30)17-28(25,26(20)16-24)11-12-29(27)18-22-14-21(22)13-19-5-3-2-4-6-19/h2-7,9,16,21-22,25,27H,8,10-15,17-18H2,1H3/t21?,22?,25-,27+,28-/m0/s1. The molecule has 3 nitrogen and oxygen atoms in total. The molecule has 3 fully saturated rings. The van der Waals surface area contributed by atoms with Crippen molar-refractivity contribution in [3.05, 3.63) is 65.2 Å². The van der Waals surface area contributed by atoms with E-state index in [1.165, 1.54) is 36.1 Å². The molecule has 162 valence electrons. The molecule has 0 amide bonds. The molecule has 31 heavy (non-hydrogen) atoms. The van der Waals surface area contributed by atoms with Crippen molar-refractivity contribution >= 4 is 5.78 Å². The Bertz CT molecular complexity index is 986. The molecular formula is C28H33NO2. The Kier molecular flexibility index (Phi) is 4.72. The highest BCUT2D eigenvalue weighted by Crippen LogP contribution is 2.56. The van der Waals surface area contributed by atoms with Crippen LogP contribution in [0.5, 0.6) is 5.75 Å². The van der Waals surface area contributed by atoms with Crippen molar-refractivity contribution in [1.82, 2.24) is 4.90 Å². The van der Waals surface area contributed by atoms with Crippen LogP contribution < -0.4 is 4.74 Å². The van der Waals surface area contributed by atoms with Crippen molar-refractivity contribution in [2.45, 2.75) is 56.4 Å². The van der Waals surface area contributed by atoms with Gasteiger partial charge in [0.25, 0.3) is 0 Å². The van der Waals surface area contributed by atoms with Crippen LogP contribution in [0.15, 0.2) is 48.5 Å². The first kappa shape index (κ1) is 19.5. The second kappa shape index (κ2) is 7.48. The Labute approximate surface area is 185 Å². The molecular weight excluding hydrogens is 382 g/mol. The summed E-state index contributed by atoms with van der Waals surface area (Å²) in [5.41, 5.74) is 4.41. The number of fused-ring (bicyclic) bond motifs is 1. The molecule has 3 aliphatic carbocycles. The van der Waals surface area contributed by atoms with E-state index in [4.69, 9.17) is 4.74 Å². The molecule has 0 aromatic heterocycles. The second-order valence-corrected chi connectivity index (χ2v) is 10.5. The SMILES string of the molecule is COc1ccc2c(c1)[C@]13CCN(CC4CC4Cc4ccccc4)[C@H](C2)[C@@H]1CCC(=O)C3. The summed E-state index contributed by atoms with van der Waals surface area (Å²) in [7, 11) is 1.75. The molecule has 4 aliphatic rings. The number of piperidine rings is 1. The Morgan fingerprint density at radius 2 is 2.00 bits per heavy atom. The zero-order valence-electron chi connectivity index (χ0n) is 18.6. The fraction of sp³-hybridized carbons (Fsp3) is 0.536. The first-order valence-corrected chi connectivity index (χ1v) is 12.1. The van der Waals surface area contributed by atoms with Gasteiger partial charge < -0.3 is 4.74 Å². The first-order valence-electron chi connectivity index (χ1n) is 12.1. The lowest BCUT2D eigenvalue weighted by atomic mass is 9.52. The molecule has 0 radical (unpaired) electrons. The topological polar surface area (TPSA) is 29.5 Å². The molecule has 2 aromatic carbocycles. The number of rotatable bonds is 5. The molecule has 1 aliphatic heterocycles. The zero-order chi connectivity index (χ0) is 21.0. The van der Waals surface area contributed by atoms with E-state index >= 15 is 0 Å². The van der Waals surface area contributed by atoms with Gasteiger partial charge in [-0.1, -0.05) is 36.4 Å². The minimum Gasteiger partial charge on any atom is -0.497 e. The quantitative estimate of drug-likeness (QED) is 0.702. The van der Waals surface area contributed by atoms with Crippen LogP contribution in [0.4, 0.5) is 0 Å². The minimum atomic E-state index is 0.0472. The number of ketones is 1. The number of Topliss-reactive ketones (excluding diaryl/α,β-unsaturated/α-hetero) is 1. The summed E-state index contributed by atoms with van der Waals surface area (Å²) in [4.78, 5) is 15.4. The predicted molar refractivity (Wildman–Crippen MR) is 122 cm³/mol. The van der Waals surface area contributed by atoms with Gasteiger partial charge in [0.2, 0.25) is 0 Å². The molecule has 0 N–H and O–H groups in total. The smallest absolute Gasteiger partial charge is 0.133 e. The van der Waals surface area contributed by atoms with Gasteiger partial charge >= 0.3 is 0 Å².